The summed E-state index contributed by atoms with van der Waals surface area (Å²) in [6.45, 7) is 4.86. The number of nitrogens with zero attached hydrogens (tertiary/aromatic N) is 1. The summed E-state index contributed by atoms with van der Waals surface area (Å²) in [5.41, 5.74) is 1.54. The average Bonchev–Trinajstić information content (AvgIpc) is 2.90. The van der Waals surface area contributed by atoms with Crippen LogP contribution < -0.4 is 14.8 Å². The summed E-state index contributed by atoms with van der Waals surface area (Å²) >= 11 is 0. The Labute approximate surface area is 175 Å². The van der Waals surface area contributed by atoms with Crippen LogP contribution in [0, 0.1) is 5.92 Å². The number of rotatable bonds is 5. The van der Waals surface area contributed by atoms with Gasteiger partial charge in [0, 0.05) is 6.42 Å². The summed E-state index contributed by atoms with van der Waals surface area (Å²) in [5.74, 6) is 0.155. The van der Waals surface area contributed by atoms with Gasteiger partial charge < -0.3 is 14.8 Å². The highest BCUT2D eigenvalue weighted by Crippen LogP contribution is 2.34. The maximum atomic E-state index is 12.8. The molecule has 0 radical (unpaired) electrons. The lowest BCUT2D eigenvalue weighted by Crippen LogP contribution is -2.42. The van der Waals surface area contributed by atoms with Gasteiger partial charge in [-0.2, -0.15) is 0 Å². The number of imide groups is 1. The molecular weight excluding hydrogens is 384 g/mol. The van der Waals surface area contributed by atoms with E-state index < -0.39 is 17.7 Å². The number of nitrogens with one attached hydrogen (secondary N) is 1. The lowest BCUT2D eigenvalue weighted by molar-refractivity contribution is -0.122. The van der Waals surface area contributed by atoms with E-state index in [0.29, 0.717) is 35.8 Å². The molecule has 7 heteroatoms. The molecule has 0 fully saturated rings. The normalized spacial score (nSPS) is 16.3. The molecule has 3 amide bonds. The van der Waals surface area contributed by atoms with Crippen molar-refractivity contribution in [2.45, 2.75) is 26.3 Å². The molecule has 4 rings (SSSR count). The van der Waals surface area contributed by atoms with Gasteiger partial charge in [-0.3, -0.25) is 19.3 Å². The van der Waals surface area contributed by atoms with E-state index in [1.165, 1.54) is 0 Å². The molecule has 2 aromatic rings. The number of hydrogen-bond acceptors (Lipinski definition) is 5. The molecule has 0 saturated heterocycles. The topological polar surface area (TPSA) is 84.9 Å². The van der Waals surface area contributed by atoms with Crippen LogP contribution in [0.5, 0.6) is 11.5 Å². The monoisotopic (exact) mass is 408 g/mol. The first-order valence-corrected chi connectivity index (χ1v) is 10.1. The summed E-state index contributed by atoms with van der Waals surface area (Å²) in [6.07, 6.45) is 0.814. The minimum Gasteiger partial charge on any atom is -0.490 e. The van der Waals surface area contributed by atoms with Gasteiger partial charge in [0.05, 0.1) is 30.4 Å². The van der Waals surface area contributed by atoms with Crippen LogP contribution >= 0.6 is 0 Å². The van der Waals surface area contributed by atoms with Crippen molar-refractivity contribution in [2.75, 3.05) is 19.8 Å². The molecule has 156 valence electrons. The number of carbonyl (C=O) groups is 3. The van der Waals surface area contributed by atoms with Crippen molar-refractivity contribution >= 4 is 17.7 Å². The van der Waals surface area contributed by atoms with Gasteiger partial charge in [0.25, 0.3) is 11.8 Å². The summed E-state index contributed by atoms with van der Waals surface area (Å²) in [4.78, 5) is 38.8. The van der Waals surface area contributed by atoms with Crippen molar-refractivity contribution < 1.29 is 23.9 Å². The molecule has 0 saturated carbocycles. The van der Waals surface area contributed by atoms with Gasteiger partial charge in [-0.25, -0.2) is 0 Å². The molecule has 2 aliphatic rings. The molecule has 0 unspecified atom stereocenters. The van der Waals surface area contributed by atoms with Gasteiger partial charge in [0.2, 0.25) is 5.91 Å². The molecule has 2 aromatic carbocycles. The van der Waals surface area contributed by atoms with Gasteiger partial charge in [0.1, 0.15) is 6.54 Å². The second-order valence-corrected chi connectivity index (χ2v) is 7.79. The highest BCUT2D eigenvalue weighted by Gasteiger charge is 2.36. The van der Waals surface area contributed by atoms with E-state index in [2.05, 4.69) is 5.32 Å². The fraction of sp³-hybridized carbons (Fsp3) is 0.348. The van der Waals surface area contributed by atoms with Crippen LogP contribution in [0.25, 0.3) is 0 Å². The number of benzene rings is 2. The number of hydrogen-bond donors (Lipinski definition) is 1. The minimum absolute atomic E-state index is 0.0841. The Bertz CT molecular complexity index is 966. The number of ether oxygens (including phenoxy) is 2. The maximum absolute atomic E-state index is 12.8. The Hall–Kier alpha value is -3.35. The van der Waals surface area contributed by atoms with Crippen molar-refractivity contribution in [2.24, 2.45) is 5.92 Å². The smallest absolute Gasteiger partial charge is 0.262 e. The summed E-state index contributed by atoms with van der Waals surface area (Å²) in [7, 11) is 0. The second-order valence-electron chi connectivity index (χ2n) is 7.79. The van der Waals surface area contributed by atoms with E-state index in [9.17, 15) is 14.4 Å². The quantitative estimate of drug-likeness (QED) is 0.769. The molecule has 1 N–H and O–H groups in total. The maximum Gasteiger partial charge on any atom is 0.262 e. The Morgan fingerprint density at radius 3 is 2.27 bits per heavy atom. The van der Waals surface area contributed by atoms with Crippen LogP contribution in [0.4, 0.5) is 0 Å². The summed E-state index contributed by atoms with van der Waals surface area (Å²) in [5, 5.41) is 2.97. The molecule has 30 heavy (non-hydrogen) atoms. The van der Waals surface area contributed by atoms with Crippen molar-refractivity contribution in [3.8, 4) is 11.5 Å². The van der Waals surface area contributed by atoms with Gasteiger partial charge in [-0.05, 0) is 35.7 Å². The van der Waals surface area contributed by atoms with Crippen molar-refractivity contribution in [1.29, 1.82) is 0 Å². The van der Waals surface area contributed by atoms with Crippen molar-refractivity contribution in [3.63, 3.8) is 0 Å². The zero-order valence-electron chi connectivity index (χ0n) is 17.0. The summed E-state index contributed by atoms with van der Waals surface area (Å²) in [6, 6.07) is 11.9. The first-order chi connectivity index (χ1) is 14.5. The van der Waals surface area contributed by atoms with Crippen LogP contribution in [-0.4, -0.2) is 42.4 Å². The van der Waals surface area contributed by atoms with Gasteiger partial charge in [0.15, 0.2) is 11.5 Å². The zero-order valence-corrected chi connectivity index (χ0v) is 17.0. The van der Waals surface area contributed by atoms with E-state index in [0.717, 1.165) is 16.9 Å². The van der Waals surface area contributed by atoms with Crippen LogP contribution in [0.1, 0.15) is 52.6 Å². The zero-order chi connectivity index (χ0) is 21.3. The van der Waals surface area contributed by atoms with Gasteiger partial charge in [-0.15, -0.1) is 0 Å². The molecule has 0 aromatic heterocycles. The number of fused-ring (bicyclic) bond motifs is 2. The fourth-order valence-corrected chi connectivity index (χ4v) is 3.75. The minimum atomic E-state index is -0.442. The lowest BCUT2D eigenvalue weighted by atomic mass is 9.95. The van der Waals surface area contributed by atoms with Gasteiger partial charge in [-0.1, -0.05) is 32.0 Å². The Kier molecular flexibility index (Phi) is 5.44. The molecule has 7 nitrogen and oxygen atoms in total. The Morgan fingerprint density at radius 2 is 1.63 bits per heavy atom. The molecule has 2 aliphatic heterocycles. The highest BCUT2D eigenvalue weighted by molar-refractivity contribution is 6.22. The molecule has 0 bridgehead atoms. The molecule has 2 heterocycles. The van der Waals surface area contributed by atoms with Crippen LogP contribution in [0.2, 0.25) is 0 Å². The number of amides is 3. The first kappa shape index (κ1) is 19.9. The van der Waals surface area contributed by atoms with Crippen LogP contribution in [0.3, 0.4) is 0 Å². The van der Waals surface area contributed by atoms with Crippen molar-refractivity contribution in [3.05, 3.63) is 59.2 Å². The molecule has 0 spiro atoms. The van der Waals surface area contributed by atoms with E-state index in [-0.39, 0.29) is 18.5 Å². The summed E-state index contributed by atoms with van der Waals surface area (Å²) < 4.78 is 11.4. The highest BCUT2D eigenvalue weighted by atomic mass is 16.5. The lowest BCUT2D eigenvalue weighted by Gasteiger charge is -2.25. The molecule has 1 atom stereocenters. The van der Waals surface area contributed by atoms with E-state index in [1.54, 1.807) is 24.3 Å². The standard InChI is InChI=1S/C23H24N2O5/c1-14(2)21(15-8-9-18-19(12-15)30-11-5-10-29-18)24-20(26)13-25-22(27)16-6-3-4-7-17(16)23(25)28/h3-4,6-9,12,14,21H,5,10-11,13H2,1-2H3,(H,24,26)/t21-/m0/s1. The fourth-order valence-electron chi connectivity index (χ4n) is 3.75. The third-order valence-corrected chi connectivity index (χ3v) is 5.29. The predicted octanol–water partition coefficient (Wildman–Crippen LogP) is 2.96. The largest absolute Gasteiger partial charge is 0.490 e. The first-order valence-electron chi connectivity index (χ1n) is 10.1. The SMILES string of the molecule is CC(C)[C@H](NC(=O)CN1C(=O)c2ccccc2C1=O)c1ccc2c(c1)OCCCO2. The van der Waals surface area contributed by atoms with E-state index in [1.807, 2.05) is 32.0 Å². The average molecular weight is 408 g/mol. The third-order valence-electron chi connectivity index (χ3n) is 5.29. The molecular formula is C23H24N2O5. The van der Waals surface area contributed by atoms with Crippen molar-refractivity contribution in [1.82, 2.24) is 10.2 Å². The third kappa shape index (κ3) is 3.75. The Balaban J connectivity index is 1.49. The van der Waals surface area contributed by atoms with E-state index in [4.69, 9.17) is 9.47 Å². The molecule has 0 aliphatic carbocycles. The van der Waals surface area contributed by atoms with Gasteiger partial charge >= 0.3 is 0 Å². The predicted molar refractivity (Wildman–Crippen MR) is 110 cm³/mol. The Morgan fingerprint density at radius 1 is 1.00 bits per heavy atom. The van der Waals surface area contributed by atoms with Crippen LogP contribution in [-0.2, 0) is 4.79 Å². The second kappa shape index (κ2) is 8.18. The van der Waals surface area contributed by atoms with E-state index >= 15 is 0 Å². The van der Waals surface area contributed by atoms with Crippen LogP contribution in [0.15, 0.2) is 42.5 Å². The number of carbonyl (C=O) groups excluding carboxylic acids is 3.